The summed E-state index contributed by atoms with van der Waals surface area (Å²) in [6.45, 7) is 4.60. The highest BCUT2D eigenvalue weighted by atomic mass is 127. The molecule has 1 aliphatic rings. The minimum absolute atomic E-state index is 0. The Labute approximate surface area is 172 Å². The van der Waals surface area contributed by atoms with Crippen molar-refractivity contribution in [2.75, 3.05) is 33.0 Å². The van der Waals surface area contributed by atoms with E-state index in [1.807, 2.05) is 6.92 Å². The second-order valence-electron chi connectivity index (χ2n) is 5.79. The molecular weight excluding hydrogens is 449 g/mol. The topological polar surface area (TPSA) is 53.9 Å². The van der Waals surface area contributed by atoms with Gasteiger partial charge in [0.15, 0.2) is 5.96 Å². The molecule has 7 heteroatoms. The molecular formula is C18H28IN3O2S. The quantitative estimate of drug-likeness (QED) is 0.232. The molecule has 140 valence electrons. The Morgan fingerprint density at radius 3 is 2.72 bits per heavy atom. The highest BCUT2D eigenvalue weighted by Crippen LogP contribution is 2.18. The van der Waals surface area contributed by atoms with Crippen molar-refractivity contribution in [2.45, 2.75) is 31.2 Å². The van der Waals surface area contributed by atoms with Gasteiger partial charge >= 0.3 is 5.97 Å². The Morgan fingerprint density at radius 1 is 1.40 bits per heavy atom. The fourth-order valence-electron chi connectivity index (χ4n) is 2.88. The number of esters is 1. The van der Waals surface area contributed by atoms with Crippen LogP contribution in [0.1, 0.15) is 25.3 Å². The van der Waals surface area contributed by atoms with Gasteiger partial charge in [-0.05, 0) is 43.7 Å². The molecule has 0 spiro atoms. The van der Waals surface area contributed by atoms with Gasteiger partial charge in [0, 0.05) is 31.6 Å². The summed E-state index contributed by atoms with van der Waals surface area (Å²) in [5.41, 5.74) is 1.22. The van der Waals surface area contributed by atoms with E-state index < -0.39 is 0 Å². The summed E-state index contributed by atoms with van der Waals surface area (Å²) in [5.74, 6) is 0.696. The number of hydrogen-bond acceptors (Lipinski definition) is 4. The van der Waals surface area contributed by atoms with Gasteiger partial charge in [-0.1, -0.05) is 12.1 Å². The van der Waals surface area contributed by atoms with Gasteiger partial charge < -0.3 is 15.0 Å². The number of aliphatic imine (C=N–C) groups is 1. The third-order valence-corrected chi connectivity index (χ3v) is 4.91. The maximum absolute atomic E-state index is 12.0. The normalized spacial score (nSPS) is 17.6. The van der Waals surface area contributed by atoms with Gasteiger partial charge in [0.2, 0.25) is 0 Å². The third-order valence-electron chi connectivity index (χ3n) is 4.16. The summed E-state index contributed by atoms with van der Waals surface area (Å²) in [6.07, 6.45) is 3.94. The predicted molar refractivity (Wildman–Crippen MR) is 115 cm³/mol. The predicted octanol–water partition coefficient (Wildman–Crippen LogP) is 3.38. The fourth-order valence-corrected chi connectivity index (χ4v) is 3.29. The zero-order chi connectivity index (χ0) is 17.4. The Morgan fingerprint density at radius 2 is 2.12 bits per heavy atom. The van der Waals surface area contributed by atoms with Crippen LogP contribution < -0.4 is 5.32 Å². The highest BCUT2D eigenvalue weighted by Gasteiger charge is 2.28. The van der Waals surface area contributed by atoms with Crippen LogP contribution in [0.25, 0.3) is 0 Å². The van der Waals surface area contributed by atoms with Crippen LogP contribution in [-0.4, -0.2) is 49.8 Å². The summed E-state index contributed by atoms with van der Waals surface area (Å²) >= 11 is 1.74. The molecule has 1 aromatic rings. The molecule has 0 aromatic heterocycles. The lowest BCUT2D eigenvalue weighted by Crippen LogP contribution is -2.48. The van der Waals surface area contributed by atoms with E-state index in [0.29, 0.717) is 13.2 Å². The monoisotopic (exact) mass is 477 g/mol. The molecule has 2 rings (SSSR count). The number of nitrogens with one attached hydrogen (secondary N) is 1. The average molecular weight is 477 g/mol. The number of rotatable bonds is 5. The number of thioether (sulfide) groups is 1. The van der Waals surface area contributed by atoms with Crippen LogP contribution >= 0.6 is 35.7 Å². The second-order valence-corrected chi connectivity index (χ2v) is 6.67. The van der Waals surface area contributed by atoms with Crippen molar-refractivity contribution in [3.63, 3.8) is 0 Å². The molecule has 0 amide bonds. The number of carbonyl (C=O) groups is 1. The van der Waals surface area contributed by atoms with E-state index in [1.165, 1.54) is 10.5 Å². The van der Waals surface area contributed by atoms with Gasteiger partial charge in [-0.15, -0.1) is 35.7 Å². The molecule has 5 nitrogen and oxygen atoms in total. The molecule has 1 fully saturated rings. The summed E-state index contributed by atoms with van der Waals surface area (Å²) < 4.78 is 5.17. The Bertz CT molecular complexity index is 566. The number of piperidine rings is 1. The number of carbonyl (C=O) groups excluding carboxylic acids is 1. The molecule has 0 bridgehead atoms. The number of halogens is 1. The van der Waals surface area contributed by atoms with E-state index in [4.69, 9.17) is 4.74 Å². The smallest absolute Gasteiger partial charge is 0.310 e. The first-order chi connectivity index (χ1) is 11.7. The zero-order valence-electron chi connectivity index (χ0n) is 15.2. The van der Waals surface area contributed by atoms with Gasteiger partial charge in [-0.25, -0.2) is 0 Å². The molecule has 0 saturated carbocycles. The van der Waals surface area contributed by atoms with Gasteiger partial charge in [0.1, 0.15) is 0 Å². The van der Waals surface area contributed by atoms with Crippen LogP contribution in [0.2, 0.25) is 0 Å². The highest BCUT2D eigenvalue weighted by molar-refractivity contribution is 14.0. The second kappa shape index (κ2) is 11.6. The number of ether oxygens (including phenoxy) is 1. The van der Waals surface area contributed by atoms with E-state index >= 15 is 0 Å². The molecule has 0 aliphatic carbocycles. The standard InChI is InChI=1S/C18H27N3O2S.HI/c1-4-23-17(22)15-6-5-11-21(13-15)18(19-2)20-12-14-7-9-16(24-3)10-8-14;/h7-10,15H,4-6,11-13H2,1-3H3,(H,19,20);1H. The third kappa shape index (κ3) is 6.69. The Hall–Kier alpha value is -0.960. The number of nitrogens with zero attached hydrogens (tertiary/aromatic N) is 2. The first-order valence-electron chi connectivity index (χ1n) is 8.43. The van der Waals surface area contributed by atoms with Gasteiger partial charge in [0.05, 0.1) is 12.5 Å². The summed E-state index contributed by atoms with van der Waals surface area (Å²) in [5, 5.41) is 3.40. The van der Waals surface area contributed by atoms with E-state index in [0.717, 1.165) is 31.9 Å². The van der Waals surface area contributed by atoms with Crippen molar-refractivity contribution < 1.29 is 9.53 Å². The van der Waals surface area contributed by atoms with E-state index in [2.05, 4.69) is 45.7 Å². The molecule has 1 unspecified atom stereocenters. The molecule has 1 saturated heterocycles. The number of likely N-dealkylation sites (tertiary alicyclic amines) is 1. The van der Waals surface area contributed by atoms with E-state index in [1.54, 1.807) is 18.8 Å². The average Bonchev–Trinajstić information content (AvgIpc) is 2.63. The summed E-state index contributed by atoms with van der Waals surface area (Å²) in [7, 11) is 1.78. The molecule has 1 heterocycles. The van der Waals surface area contributed by atoms with E-state index in [9.17, 15) is 4.79 Å². The lowest BCUT2D eigenvalue weighted by atomic mass is 9.98. The van der Waals surface area contributed by atoms with Crippen molar-refractivity contribution in [2.24, 2.45) is 10.9 Å². The van der Waals surface area contributed by atoms with Crippen molar-refractivity contribution in [3.8, 4) is 0 Å². The van der Waals surface area contributed by atoms with Crippen LogP contribution in [0.3, 0.4) is 0 Å². The maximum atomic E-state index is 12.0. The van der Waals surface area contributed by atoms with Crippen LogP contribution in [0.5, 0.6) is 0 Å². The van der Waals surface area contributed by atoms with Crippen molar-refractivity contribution >= 4 is 47.7 Å². The van der Waals surface area contributed by atoms with Gasteiger partial charge in [0.25, 0.3) is 0 Å². The minimum atomic E-state index is -0.0923. The largest absolute Gasteiger partial charge is 0.466 e. The molecule has 1 aliphatic heterocycles. The van der Waals surface area contributed by atoms with Crippen LogP contribution in [0.15, 0.2) is 34.2 Å². The number of benzene rings is 1. The minimum Gasteiger partial charge on any atom is -0.466 e. The van der Waals surface area contributed by atoms with Crippen LogP contribution in [-0.2, 0) is 16.1 Å². The first kappa shape index (κ1) is 22.1. The summed E-state index contributed by atoms with van der Waals surface area (Å²) in [4.78, 5) is 19.8. The molecule has 1 aromatic carbocycles. The zero-order valence-corrected chi connectivity index (χ0v) is 18.3. The van der Waals surface area contributed by atoms with Gasteiger partial charge in [-0.3, -0.25) is 9.79 Å². The number of hydrogen-bond donors (Lipinski definition) is 1. The molecule has 25 heavy (non-hydrogen) atoms. The van der Waals surface area contributed by atoms with Crippen LogP contribution in [0, 0.1) is 5.92 Å². The number of guanidine groups is 1. The van der Waals surface area contributed by atoms with Crippen LogP contribution in [0.4, 0.5) is 0 Å². The summed E-state index contributed by atoms with van der Waals surface area (Å²) in [6, 6.07) is 8.51. The molecule has 0 radical (unpaired) electrons. The molecule has 1 atom stereocenters. The lowest BCUT2D eigenvalue weighted by Gasteiger charge is -2.34. The Balaban J connectivity index is 0.00000312. The van der Waals surface area contributed by atoms with Crippen molar-refractivity contribution in [3.05, 3.63) is 29.8 Å². The van der Waals surface area contributed by atoms with E-state index in [-0.39, 0.29) is 35.9 Å². The first-order valence-corrected chi connectivity index (χ1v) is 9.65. The maximum Gasteiger partial charge on any atom is 0.310 e. The van der Waals surface area contributed by atoms with Crippen molar-refractivity contribution in [1.29, 1.82) is 0 Å². The lowest BCUT2D eigenvalue weighted by molar-refractivity contribution is -0.149. The van der Waals surface area contributed by atoms with Gasteiger partial charge in [-0.2, -0.15) is 0 Å². The Kier molecular flexibility index (Phi) is 10.3. The SMILES string of the molecule is CCOC(=O)C1CCCN(C(=NC)NCc2ccc(SC)cc2)C1.I. The van der Waals surface area contributed by atoms with Crippen molar-refractivity contribution in [1.82, 2.24) is 10.2 Å². The molecule has 1 N–H and O–H groups in total. The fraction of sp³-hybridized carbons (Fsp3) is 0.556.